The fourth-order valence-electron chi connectivity index (χ4n) is 4.13. The van der Waals surface area contributed by atoms with Crippen molar-refractivity contribution < 1.29 is 19.1 Å². The lowest BCUT2D eigenvalue weighted by Gasteiger charge is -2.33. The van der Waals surface area contributed by atoms with Crippen molar-refractivity contribution in [3.05, 3.63) is 47.5 Å². The molecular formula is C27H42N2O4. The largest absolute Gasteiger partial charge is 0.444 e. The summed E-state index contributed by atoms with van der Waals surface area (Å²) >= 11 is 0. The number of hydrogen-bond donors (Lipinski definition) is 1. The number of carbonyl (C=O) groups is 2. The molecule has 1 fully saturated rings. The summed E-state index contributed by atoms with van der Waals surface area (Å²) in [5.41, 5.74) is 0.764. The van der Waals surface area contributed by atoms with Gasteiger partial charge < -0.3 is 14.8 Å². The van der Waals surface area contributed by atoms with Crippen molar-refractivity contribution in [1.29, 1.82) is 0 Å². The second kappa shape index (κ2) is 11.7. The van der Waals surface area contributed by atoms with E-state index in [9.17, 15) is 9.59 Å². The lowest BCUT2D eigenvalue weighted by atomic mass is 9.94. The number of nitrogens with one attached hydrogen (secondary N) is 1. The van der Waals surface area contributed by atoms with Gasteiger partial charge in [0.2, 0.25) is 5.91 Å². The van der Waals surface area contributed by atoms with Gasteiger partial charge >= 0.3 is 6.09 Å². The van der Waals surface area contributed by atoms with Crippen LogP contribution in [0.15, 0.2) is 42.0 Å². The van der Waals surface area contributed by atoms with Crippen molar-refractivity contribution in [2.24, 2.45) is 17.8 Å². The highest BCUT2D eigenvalue weighted by Crippen LogP contribution is 2.37. The summed E-state index contributed by atoms with van der Waals surface area (Å²) in [4.78, 5) is 27.8. The molecule has 0 saturated carbocycles. The summed E-state index contributed by atoms with van der Waals surface area (Å²) in [5, 5.41) is 3.02. The van der Waals surface area contributed by atoms with Crippen LogP contribution in [-0.2, 0) is 20.9 Å². The van der Waals surface area contributed by atoms with Crippen LogP contribution in [0.2, 0.25) is 0 Å². The molecular weight excluding hydrogens is 416 g/mol. The number of ether oxygens (including phenoxy) is 2. The lowest BCUT2D eigenvalue weighted by molar-refractivity contribution is -0.118. The molecule has 6 nitrogen and oxygen atoms in total. The van der Waals surface area contributed by atoms with Crippen LogP contribution in [0, 0.1) is 17.8 Å². The average molecular weight is 459 g/mol. The number of carbonyl (C=O) groups excluding carboxylic acids is 2. The molecule has 1 aromatic rings. The fraction of sp³-hybridized carbons (Fsp3) is 0.630. The van der Waals surface area contributed by atoms with Crippen molar-refractivity contribution >= 4 is 12.0 Å². The van der Waals surface area contributed by atoms with Crippen LogP contribution in [0.25, 0.3) is 0 Å². The van der Waals surface area contributed by atoms with Crippen molar-refractivity contribution in [3.63, 3.8) is 0 Å². The summed E-state index contributed by atoms with van der Waals surface area (Å²) in [6.07, 6.45) is 1.86. The predicted octanol–water partition coefficient (Wildman–Crippen LogP) is 5.53. The average Bonchev–Trinajstić information content (AvgIpc) is 2.97. The maximum Gasteiger partial charge on any atom is 0.412 e. The Hall–Kier alpha value is -2.34. The molecule has 184 valence electrons. The third-order valence-electron chi connectivity index (χ3n) is 5.73. The van der Waals surface area contributed by atoms with Crippen LogP contribution >= 0.6 is 0 Å². The quantitative estimate of drug-likeness (QED) is 0.494. The van der Waals surface area contributed by atoms with Gasteiger partial charge in [-0.3, -0.25) is 9.69 Å². The van der Waals surface area contributed by atoms with E-state index in [0.717, 1.165) is 12.0 Å². The molecule has 1 aliphatic rings. The number of hydrogen-bond acceptors (Lipinski definition) is 4. The maximum atomic E-state index is 13.2. The molecule has 33 heavy (non-hydrogen) atoms. The molecule has 0 radical (unpaired) electrons. The zero-order valence-corrected chi connectivity index (χ0v) is 21.6. The topological polar surface area (TPSA) is 67.9 Å². The van der Waals surface area contributed by atoms with Gasteiger partial charge in [0.1, 0.15) is 12.3 Å². The van der Waals surface area contributed by atoms with Gasteiger partial charge in [0.15, 0.2) is 0 Å². The molecule has 0 unspecified atom stereocenters. The standard InChI is InChI=1S/C27H42N2O4/c1-18(2)14-23-24(15-22(20(5)6)25(30)28-16-19(3)4)33-27(7,8)29(23)26(31)32-17-21-12-10-9-11-13-21/h9-13,15,18-20,23-24H,14,16-17H2,1-8H3,(H,28,30)/b22-15-/t23-,24-/m0/s1. The normalized spacial score (nSPS) is 20.6. The Kier molecular flexibility index (Phi) is 9.53. The van der Waals surface area contributed by atoms with Crippen LogP contribution in [0.1, 0.15) is 67.4 Å². The van der Waals surface area contributed by atoms with Gasteiger partial charge in [-0.25, -0.2) is 4.79 Å². The van der Waals surface area contributed by atoms with Gasteiger partial charge in [-0.2, -0.15) is 0 Å². The Morgan fingerprint density at radius 3 is 2.27 bits per heavy atom. The molecule has 1 aromatic carbocycles. The third-order valence-corrected chi connectivity index (χ3v) is 5.73. The van der Waals surface area contributed by atoms with Crippen LogP contribution in [0.4, 0.5) is 4.79 Å². The Morgan fingerprint density at radius 1 is 1.09 bits per heavy atom. The zero-order valence-electron chi connectivity index (χ0n) is 21.6. The second-order valence-corrected chi connectivity index (χ2v) is 10.5. The van der Waals surface area contributed by atoms with E-state index in [1.165, 1.54) is 0 Å². The molecule has 0 bridgehead atoms. The predicted molar refractivity (Wildman–Crippen MR) is 131 cm³/mol. The summed E-state index contributed by atoms with van der Waals surface area (Å²) in [7, 11) is 0. The van der Waals surface area contributed by atoms with E-state index < -0.39 is 17.9 Å². The SMILES string of the molecule is CC(C)CNC(=O)/C(=C\[C@@H]1OC(C)(C)N(C(=O)OCc2ccccc2)[C@H]1CC(C)C)C(C)C. The van der Waals surface area contributed by atoms with Crippen molar-refractivity contribution in [2.75, 3.05) is 6.54 Å². The maximum absolute atomic E-state index is 13.2. The minimum atomic E-state index is -0.856. The minimum Gasteiger partial charge on any atom is -0.444 e. The van der Waals surface area contributed by atoms with Gasteiger partial charge in [-0.05, 0) is 49.7 Å². The molecule has 1 aliphatic heterocycles. The van der Waals surface area contributed by atoms with Crippen molar-refractivity contribution in [1.82, 2.24) is 10.2 Å². The van der Waals surface area contributed by atoms with Crippen LogP contribution < -0.4 is 5.32 Å². The lowest BCUT2D eigenvalue weighted by Crippen LogP contribution is -2.49. The van der Waals surface area contributed by atoms with E-state index in [0.29, 0.717) is 24.0 Å². The Bertz CT molecular complexity index is 815. The molecule has 0 spiro atoms. The molecule has 1 saturated heterocycles. The first-order valence-corrected chi connectivity index (χ1v) is 12.1. The monoisotopic (exact) mass is 458 g/mol. The van der Waals surface area contributed by atoms with Crippen LogP contribution in [-0.4, -0.2) is 41.3 Å². The van der Waals surface area contributed by atoms with Gasteiger partial charge in [0.25, 0.3) is 0 Å². The first kappa shape index (κ1) is 26.9. The zero-order chi connectivity index (χ0) is 24.8. The molecule has 1 N–H and O–H groups in total. The Labute approximate surface area is 199 Å². The second-order valence-electron chi connectivity index (χ2n) is 10.5. The summed E-state index contributed by atoms with van der Waals surface area (Å²) in [6, 6.07) is 9.41. The van der Waals surface area contributed by atoms with Gasteiger partial charge in [-0.15, -0.1) is 0 Å². The van der Waals surface area contributed by atoms with E-state index in [2.05, 4.69) is 33.0 Å². The smallest absolute Gasteiger partial charge is 0.412 e. The number of amides is 2. The molecule has 0 aliphatic carbocycles. The number of nitrogens with zero attached hydrogens (tertiary/aromatic N) is 1. The third kappa shape index (κ3) is 7.60. The van der Waals surface area contributed by atoms with E-state index >= 15 is 0 Å². The Morgan fingerprint density at radius 2 is 1.73 bits per heavy atom. The van der Waals surface area contributed by atoms with E-state index in [1.807, 2.05) is 64.1 Å². The van der Waals surface area contributed by atoms with Gasteiger partial charge in [-0.1, -0.05) is 71.9 Å². The van der Waals surface area contributed by atoms with Gasteiger partial charge in [0.05, 0.1) is 12.1 Å². The van der Waals surface area contributed by atoms with E-state index in [4.69, 9.17) is 9.47 Å². The van der Waals surface area contributed by atoms with Gasteiger partial charge in [0, 0.05) is 12.1 Å². The highest BCUT2D eigenvalue weighted by atomic mass is 16.6. The molecule has 2 atom stereocenters. The Balaban J connectivity index is 2.29. The highest BCUT2D eigenvalue weighted by molar-refractivity contribution is 5.93. The van der Waals surface area contributed by atoms with Crippen LogP contribution in [0.3, 0.4) is 0 Å². The van der Waals surface area contributed by atoms with Crippen molar-refractivity contribution in [2.45, 2.75) is 86.3 Å². The van der Waals surface area contributed by atoms with E-state index in [1.54, 1.807) is 4.90 Å². The fourth-order valence-corrected chi connectivity index (χ4v) is 4.13. The number of benzene rings is 1. The number of rotatable bonds is 9. The first-order valence-electron chi connectivity index (χ1n) is 12.1. The first-order chi connectivity index (χ1) is 15.4. The van der Waals surface area contributed by atoms with Crippen LogP contribution in [0.5, 0.6) is 0 Å². The molecule has 6 heteroatoms. The highest BCUT2D eigenvalue weighted by Gasteiger charge is 2.50. The van der Waals surface area contributed by atoms with Crippen molar-refractivity contribution in [3.8, 4) is 0 Å². The molecule has 2 amide bonds. The van der Waals surface area contributed by atoms with E-state index in [-0.39, 0.29) is 24.5 Å². The summed E-state index contributed by atoms with van der Waals surface area (Å²) in [6.45, 7) is 17.0. The summed E-state index contributed by atoms with van der Waals surface area (Å²) in [5.74, 6) is 0.661. The molecule has 1 heterocycles. The molecule has 0 aromatic heterocycles. The summed E-state index contributed by atoms with van der Waals surface area (Å²) < 4.78 is 12.1. The minimum absolute atomic E-state index is 0.0302. The molecule has 2 rings (SSSR count).